The number of thioether (sulfide) groups is 1. The molecule has 0 N–H and O–H groups in total. The summed E-state index contributed by atoms with van der Waals surface area (Å²) >= 11 is 1.59. The molecular weight excluding hydrogens is 304 g/mol. The normalized spacial score (nSPS) is 10.4. The van der Waals surface area contributed by atoms with Gasteiger partial charge in [0.1, 0.15) is 0 Å². The number of amides is 1. The predicted molar refractivity (Wildman–Crippen MR) is 99.0 cm³/mol. The molecule has 2 rings (SSSR count). The van der Waals surface area contributed by atoms with Crippen LogP contribution >= 0.6 is 11.8 Å². The molecule has 0 unspecified atom stereocenters. The number of hydrogen-bond donors (Lipinski definition) is 0. The number of benzene rings is 2. The van der Waals surface area contributed by atoms with Crippen molar-refractivity contribution in [1.29, 1.82) is 0 Å². The van der Waals surface area contributed by atoms with Crippen molar-refractivity contribution in [2.24, 2.45) is 0 Å². The average molecular weight is 328 g/mol. The van der Waals surface area contributed by atoms with Crippen LogP contribution in [0.2, 0.25) is 0 Å². The van der Waals surface area contributed by atoms with Crippen LogP contribution in [0.25, 0.3) is 0 Å². The van der Waals surface area contributed by atoms with Crippen molar-refractivity contribution < 1.29 is 4.79 Å². The van der Waals surface area contributed by atoms with Gasteiger partial charge >= 0.3 is 0 Å². The molecule has 0 spiro atoms. The van der Waals surface area contributed by atoms with Crippen molar-refractivity contribution in [2.75, 3.05) is 31.3 Å². The molecule has 0 bridgehead atoms. The van der Waals surface area contributed by atoms with Crippen LogP contribution in [0, 0.1) is 0 Å². The highest BCUT2D eigenvalue weighted by atomic mass is 32.2. The summed E-state index contributed by atoms with van der Waals surface area (Å²) in [5.41, 5.74) is 2.33. The smallest absolute Gasteiger partial charge is 0.233 e. The Morgan fingerprint density at radius 3 is 2.22 bits per heavy atom. The molecule has 0 saturated carbocycles. The first kappa shape index (κ1) is 17.4. The van der Waals surface area contributed by atoms with Crippen LogP contribution in [0.5, 0.6) is 0 Å². The molecular formula is C19H24N2OS. The Balaban J connectivity index is 1.92. The fraction of sp³-hybridized carbons (Fsp3) is 0.316. The van der Waals surface area contributed by atoms with Crippen molar-refractivity contribution >= 4 is 23.4 Å². The molecule has 0 fully saturated rings. The van der Waals surface area contributed by atoms with E-state index >= 15 is 0 Å². The minimum atomic E-state index is 0.179. The van der Waals surface area contributed by atoms with E-state index < -0.39 is 0 Å². The summed E-state index contributed by atoms with van der Waals surface area (Å²) < 4.78 is 0. The van der Waals surface area contributed by atoms with Crippen molar-refractivity contribution in [2.45, 2.75) is 18.4 Å². The van der Waals surface area contributed by atoms with Gasteiger partial charge in [0.05, 0.1) is 5.75 Å². The second kappa shape index (κ2) is 8.63. The third-order valence-corrected chi connectivity index (χ3v) is 4.66. The first-order chi connectivity index (χ1) is 11.1. The van der Waals surface area contributed by atoms with Gasteiger partial charge in [0.2, 0.25) is 5.91 Å². The van der Waals surface area contributed by atoms with E-state index in [1.807, 2.05) is 56.3 Å². The fourth-order valence-corrected chi connectivity index (χ4v) is 3.07. The van der Waals surface area contributed by atoms with Gasteiger partial charge in [0.15, 0.2) is 0 Å². The maximum Gasteiger partial charge on any atom is 0.233 e. The first-order valence-corrected chi connectivity index (χ1v) is 8.80. The first-order valence-electron chi connectivity index (χ1n) is 7.82. The molecule has 0 radical (unpaired) electrons. The third kappa shape index (κ3) is 5.32. The van der Waals surface area contributed by atoms with Crippen LogP contribution in [-0.4, -0.2) is 37.2 Å². The highest BCUT2D eigenvalue weighted by Gasteiger charge is 2.12. The largest absolute Gasteiger partial charge is 0.378 e. The lowest BCUT2D eigenvalue weighted by atomic mass is 10.2. The van der Waals surface area contributed by atoms with Gasteiger partial charge in [-0.05, 0) is 36.8 Å². The van der Waals surface area contributed by atoms with Crippen molar-refractivity contribution in [3.05, 3.63) is 60.2 Å². The summed E-state index contributed by atoms with van der Waals surface area (Å²) in [6, 6.07) is 18.4. The van der Waals surface area contributed by atoms with E-state index in [0.29, 0.717) is 12.3 Å². The molecule has 23 heavy (non-hydrogen) atoms. The maximum absolute atomic E-state index is 12.4. The average Bonchev–Trinajstić information content (AvgIpc) is 2.59. The van der Waals surface area contributed by atoms with Gasteiger partial charge in [-0.3, -0.25) is 4.79 Å². The Labute approximate surface area is 143 Å². The molecule has 0 aliphatic heterocycles. The summed E-state index contributed by atoms with van der Waals surface area (Å²) in [7, 11) is 4.05. The Morgan fingerprint density at radius 2 is 1.65 bits per heavy atom. The fourth-order valence-electron chi connectivity index (χ4n) is 2.25. The lowest BCUT2D eigenvalue weighted by molar-refractivity contribution is -0.128. The molecule has 4 heteroatoms. The summed E-state index contributed by atoms with van der Waals surface area (Å²) in [5.74, 6) is 0.659. The Bertz CT molecular complexity index is 611. The highest BCUT2D eigenvalue weighted by Crippen LogP contribution is 2.18. The van der Waals surface area contributed by atoms with Crippen LogP contribution in [0.3, 0.4) is 0 Å². The Morgan fingerprint density at radius 1 is 1.00 bits per heavy atom. The van der Waals surface area contributed by atoms with E-state index in [2.05, 4.69) is 29.2 Å². The zero-order chi connectivity index (χ0) is 16.7. The molecule has 0 atom stereocenters. The maximum atomic E-state index is 12.4. The molecule has 0 aliphatic rings. The molecule has 2 aromatic carbocycles. The number of hydrogen-bond acceptors (Lipinski definition) is 3. The van der Waals surface area contributed by atoms with Gasteiger partial charge < -0.3 is 9.80 Å². The highest BCUT2D eigenvalue weighted by molar-refractivity contribution is 8.00. The van der Waals surface area contributed by atoms with E-state index in [0.717, 1.165) is 17.0 Å². The van der Waals surface area contributed by atoms with Crippen molar-refractivity contribution in [3.8, 4) is 0 Å². The molecule has 0 aliphatic carbocycles. The topological polar surface area (TPSA) is 23.6 Å². The quantitative estimate of drug-likeness (QED) is 0.720. The lowest BCUT2D eigenvalue weighted by Crippen LogP contribution is -2.31. The van der Waals surface area contributed by atoms with Gasteiger partial charge in [0.25, 0.3) is 0 Å². The number of nitrogens with zero attached hydrogens (tertiary/aromatic N) is 2. The lowest BCUT2D eigenvalue weighted by Gasteiger charge is -2.21. The molecule has 2 aromatic rings. The number of carbonyl (C=O) groups excluding carboxylic acids is 1. The van der Waals surface area contributed by atoms with Gasteiger partial charge in [0, 0.05) is 37.8 Å². The molecule has 0 saturated heterocycles. The second-order valence-corrected chi connectivity index (χ2v) is 6.62. The van der Waals surface area contributed by atoms with E-state index in [9.17, 15) is 4.79 Å². The van der Waals surface area contributed by atoms with Crippen LogP contribution in [-0.2, 0) is 11.3 Å². The number of rotatable bonds is 7. The molecule has 0 aromatic heterocycles. The second-order valence-electron chi connectivity index (χ2n) is 5.57. The van der Waals surface area contributed by atoms with Crippen LogP contribution < -0.4 is 4.90 Å². The predicted octanol–water partition coefficient (Wildman–Crippen LogP) is 3.89. The Kier molecular flexibility index (Phi) is 6.53. The van der Waals surface area contributed by atoms with E-state index in [1.54, 1.807) is 11.8 Å². The van der Waals surface area contributed by atoms with Gasteiger partial charge in [-0.2, -0.15) is 0 Å². The monoisotopic (exact) mass is 328 g/mol. The Hall–Kier alpha value is -1.94. The third-order valence-electron chi connectivity index (χ3n) is 3.67. The number of carbonyl (C=O) groups is 1. The zero-order valence-corrected chi connectivity index (χ0v) is 14.8. The van der Waals surface area contributed by atoms with E-state index in [4.69, 9.17) is 0 Å². The minimum absolute atomic E-state index is 0.179. The SMILES string of the molecule is CCN(Cc1ccc(N(C)C)cc1)C(=O)CSc1ccccc1. The van der Waals surface area contributed by atoms with Crippen LogP contribution in [0.15, 0.2) is 59.5 Å². The van der Waals surface area contributed by atoms with Gasteiger partial charge in [-0.25, -0.2) is 0 Å². The summed E-state index contributed by atoms with van der Waals surface area (Å²) in [5, 5.41) is 0. The molecule has 3 nitrogen and oxygen atoms in total. The summed E-state index contributed by atoms with van der Waals surface area (Å²) in [4.78, 5) is 17.5. The van der Waals surface area contributed by atoms with Crippen LogP contribution in [0.4, 0.5) is 5.69 Å². The standard InChI is InChI=1S/C19H24N2OS/c1-4-21(14-16-10-12-17(13-11-16)20(2)3)19(22)15-23-18-8-6-5-7-9-18/h5-13H,4,14-15H2,1-3H3. The zero-order valence-electron chi connectivity index (χ0n) is 14.0. The number of anilines is 1. The molecule has 122 valence electrons. The molecule has 1 amide bonds. The summed E-state index contributed by atoms with van der Waals surface area (Å²) in [6.07, 6.45) is 0. The molecule has 0 heterocycles. The van der Waals surface area contributed by atoms with Gasteiger partial charge in [-0.15, -0.1) is 11.8 Å². The van der Waals surface area contributed by atoms with Crippen molar-refractivity contribution in [1.82, 2.24) is 4.90 Å². The summed E-state index contributed by atoms with van der Waals surface area (Å²) in [6.45, 7) is 3.42. The van der Waals surface area contributed by atoms with E-state index in [-0.39, 0.29) is 5.91 Å². The van der Waals surface area contributed by atoms with Gasteiger partial charge in [-0.1, -0.05) is 30.3 Å². The van der Waals surface area contributed by atoms with Crippen LogP contribution in [0.1, 0.15) is 12.5 Å². The van der Waals surface area contributed by atoms with Crippen molar-refractivity contribution in [3.63, 3.8) is 0 Å². The minimum Gasteiger partial charge on any atom is -0.378 e. The van der Waals surface area contributed by atoms with E-state index in [1.165, 1.54) is 5.69 Å².